The van der Waals surface area contributed by atoms with Gasteiger partial charge in [0.05, 0.1) is 20.1 Å². The number of carbonyl (C=O) groups is 1. The van der Waals surface area contributed by atoms with Crippen molar-refractivity contribution in [1.82, 2.24) is 0 Å². The van der Waals surface area contributed by atoms with Crippen LogP contribution in [0.3, 0.4) is 0 Å². The smallest absolute Gasteiger partial charge is 0.311 e. The number of aliphatic carboxylic acids is 1. The molecule has 0 heterocycles. The number of carboxylic acid groups (broad SMARTS) is 1. The number of benzene rings is 1. The van der Waals surface area contributed by atoms with Gasteiger partial charge in [0.2, 0.25) is 0 Å². The number of ether oxygens (including phenoxy) is 2. The van der Waals surface area contributed by atoms with Crippen molar-refractivity contribution in [3.8, 4) is 11.5 Å². The Morgan fingerprint density at radius 3 is 2.11 bits per heavy atom. The molecule has 100 valence electrons. The molecule has 0 saturated carbocycles. The summed E-state index contributed by atoms with van der Waals surface area (Å²) in [7, 11) is 3.12. The summed E-state index contributed by atoms with van der Waals surface area (Å²) in [5, 5.41) is 9.35. The predicted octanol–water partition coefficient (Wildman–Crippen LogP) is 2.84. The van der Waals surface area contributed by atoms with E-state index in [-0.39, 0.29) is 5.92 Å². The van der Waals surface area contributed by atoms with E-state index in [1.54, 1.807) is 20.3 Å². The summed E-state index contributed by atoms with van der Waals surface area (Å²) in [5.41, 5.74) is 1.58. The van der Waals surface area contributed by atoms with Gasteiger partial charge >= 0.3 is 5.97 Å². The highest BCUT2D eigenvalue weighted by atomic mass is 16.5. The third-order valence-electron chi connectivity index (χ3n) is 3.01. The molecule has 4 nitrogen and oxygen atoms in total. The number of carboxylic acids is 1. The molecule has 1 N–H and O–H groups in total. The van der Waals surface area contributed by atoms with Crippen molar-refractivity contribution in [2.75, 3.05) is 14.2 Å². The van der Waals surface area contributed by atoms with Crippen molar-refractivity contribution in [3.63, 3.8) is 0 Å². The molecule has 0 aliphatic rings. The molecule has 0 saturated heterocycles. The summed E-state index contributed by atoms with van der Waals surface area (Å²) in [6, 6.07) is 3.57. The normalized spacial score (nSPS) is 12.3. The maximum absolute atomic E-state index is 11.4. The summed E-state index contributed by atoms with van der Waals surface area (Å²) in [5.74, 6) is -0.209. The lowest BCUT2D eigenvalue weighted by molar-refractivity contribution is -0.139. The van der Waals surface area contributed by atoms with Gasteiger partial charge in [-0.05, 0) is 30.5 Å². The number of hydrogen-bond acceptors (Lipinski definition) is 3. The molecule has 1 aromatic carbocycles. The summed E-state index contributed by atoms with van der Waals surface area (Å²) in [6.07, 6.45) is 0. The van der Waals surface area contributed by atoms with Crippen molar-refractivity contribution in [1.29, 1.82) is 0 Å². The Morgan fingerprint density at radius 2 is 1.72 bits per heavy atom. The van der Waals surface area contributed by atoms with Gasteiger partial charge in [-0.15, -0.1) is 0 Å². The van der Waals surface area contributed by atoms with Gasteiger partial charge in [-0.2, -0.15) is 0 Å². The van der Waals surface area contributed by atoms with Crippen molar-refractivity contribution in [3.05, 3.63) is 23.3 Å². The maximum atomic E-state index is 11.4. The van der Waals surface area contributed by atoms with Gasteiger partial charge in [-0.3, -0.25) is 4.79 Å². The molecule has 1 aromatic rings. The third-order valence-corrected chi connectivity index (χ3v) is 3.01. The van der Waals surface area contributed by atoms with Gasteiger partial charge in [0.25, 0.3) is 0 Å². The van der Waals surface area contributed by atoms with Crippen LogP contribution < -0.4 is 9.47 Å². The second kappa shape index (κ2) is 5.76. The van der Waals surface area contributed by atoms with E-state index < -0.39 is 11.9 Å². The largest absolute Gasteiger partial charge is 0.496 e. The van der Waals surface area contributed by atoms with Gasteiger partial charge in [0.15, 0.2) is 0 Å². The number of hydrogen-bond donors (Lipinski definition) is 1. The van der Waals surface area contributed by atoms with E-state index in [1.165, 1.54) is 0 Å². The standard InChI is InChI=1S/C14H20O4/c1-8(2)13(14(15)16)10-7-11(17-4)9(3)6-12(10)18-5/h6-8,13H,1-5H3,(H,15,16). The van der Waals surface area contributed by atoms with E-state index in [0.29, 0.717) is 17.1 Å². The van der Waals surface area contributed by atoms with Crippen molar-refractivity contribution in [2.45, 2.75) is 26.7 Å². The lowest BCUT2D eigenvalue weighted by Gasteiger charge is -2.21. The van der Waals surface area contributed by atoms with Crippen LogP contribution in [0.4, 0.5) is 0 Å². The highest BCUT2D eigenvalue weighted by Gasteiger charge is 2.27. The molecule has 1 rings (SSSR count). The molecule has 0 aliphatic carbocycles. The Labute approximate surface area is 108 Å². The Morgan fingerprint density at radius 1 is 1.17 bits per heavy atom. The highest BCUT2D eigenvalue weighted by molar-refractivity contribution is 5.78. The van der Waals surface area contributed by atoms with Crippen LogP contribution in [0.25, 0.3) is 0 Å². The molecule has 0 aliphatic heterocycles. The Bertz CT molecular complexity index is 438. The van der Waals surface area contributed by atoms with Crippen molar-refractivity contribution < 1.29 is 19.4 Å². The lowest BCUT2D eigenvalue weighted by Crippen LogP contribution is -2.18. The Kier molecular flexibility index (Phi) is 4.59. The van der Waals surface area contributed by atoms with Crippen LogP contribution in [0.15, 0.2) is 12.1 Å². The quantitative estimate of drug-likeness (QED) is 0.875. The summed E-state index contributed by atoms with van der Waals surface area (Å²) in [6.45, 7) is 5.66. The van der Waals surface area contributed by atoms with Gasteiger partial charge < -0.3 is 14.6 Å². The highest BCUT2D eigenvalue weighted by Crippen LogP contribution is 2.36. The second-order valence-electron chi connectivity index (χ2n) is 4.62. The van der Waals surface area contributed by atoms with Gasteiger partial charge in [0, 0.05) is 5.56 Å². The lowest BCUT2D eigenvalue weighted by atomic mass is 9.87. The minimum absolute atomic E-state index is 0.0242. The maximum Gasteiger partial charge on any atom is 0.311 e. The SMILES string of the molecule is COc1cc(C(C(=O)O)C(C)C)c(OC)cc1C. The zero-order chi connectivity index (χ0) is 13.9. The summed E-state index contributed by atoms with van der Waals surface area (Å²) >= 11 is 0. The van der Waals surface area contributed by atoms with E-state index in [2.05, 4.69) is 0 Å². The number of methoxy groups -OCH3 is 2. The Balaban J connectivity index is 3.40. The molecular formula is C14H20O4. The fourth-order valence-corrected chi connectivity index (χ4v) is 2.09. The fraction of sp³-hybridized carbons (Fsp3) is 0.500. The first kappa shape index (κ1) is 14.4. The molecular weight excluding hydrogens is 232 g/mol. The molecule has 0 fully saturated rings. The van der Waals surface area contributed by atoms with E-state index >= 15 is 0 Å². The summed E-state index contributed by atoms with van der Waals surface area (Å²) < 4.78 is 10.5. The molecule has 0 bridgehead atoms. The predicted molar refractivity (Wildman–Crippen MR) is 69.5 cm³/mol. The van der Waals surface area contributed by atoms with E-state index in [9.17, 15) is 9.90 Å². The van der Waals surface area contributed by atoms with Crippen LogP contribution in [0.2, 0.25) is 0 Å². The molecule has 0 spiro atoms. The monoisotopic (exact) mass is 252 g/mol. The Hall–Kier alpha value is -1.71. The second-order valence-corrected chi connectivity index (χ2v) is 4.62. The average molecular weight is 252 g/mol. The number of rotatable bonds is 5. The van der Waals surface area contributed by atoms with Crippen molar-refractivity contribution >= 4 is 5.97 Å². The van der Waals surface area contributed by atoms with Gasteiger partial charge in [0.1, 0.15) is 11.5 Å². The molecule has 4 heteroatoms. The first-order valence-electron chi connectivity index (χ1n) is 5.87. The van der Waals surface area contributed by atoms with Crippen LogP contribution in [-0.2, 0) is 4.79 Å². The number of aryl methyl sites for hydroxylation is 1. The van der Waals surface area contributed by atoms with E-state index in [4.69, 9.17) is 9.47 Å². The zero-order valence-electron chi connectivity index (χ0n) is 11.5. The van der Waals surface area contributed by atoms with Crippen LogP contribution in [0.1, 0.15) is 30.9 Å². The first-order valence-corrected chi connectivity index (χ1v) is 5.87. The van der Waals surface area contributed by atoms with Crippen molar-refractivity contribution in [2.24, 2.45) is 5.92 Å². The topological polar surface area (TPSA) is 55.8 Å². The fourth-order valence-electron chi connectivity index (χ4n) is 2.09. The minimum Gasteiger partial charge on any atom is -0.496 e. The molecule has 0 radical (unpaired) electrons. The zero-order valence-corrected chi connectivity index (χ0v) is 11.5. The van der Waals surface area contributed by atoms with Crippen LogP contribution in [-0.4, -0.2) is 25.3 Å². The van der Waals surface area contributed by atoms with E-state index in [0.717, 1.165) is 5.56 Å². The molecule has 0 amide bonds. The van der Waals surface area contributed by atoms with Gasteiger partial charge in [-0.25, -0.2) is 0 Å². The summed E-state index contributed by atoms with van der Waals surface area (Å²) in [4.78, 5) is 11.4. The molecule has 0 aromatic heterocycles. The molecule has 1 atom stereocenters. The minimum atomic E-state index is -0.853. The van der Waals surface area contributed by atoms with Crippen LogP contribution in [0.5, 0.6) is 11.5 Å². The van der Waals surface area contributed by atoms with Crippen LogP contribution in [0, 0.1) is 12.8 Å². The van der Waals surface area contributed by atoms with Crippen LogP contribution >= 0.6 is 0 Å². The average Bonchev–Trinajstić information content (AvgIpc) is 2.29. The van der Waals surface area contributed by atoms with Gasteiger partial charge in [-0.1, -0.05) is 13.8 Å². The first-order chi connectivity index (χ1) is 8.42. The molecule has 18 heavy (non-hydrogen) atoms. The molecule has 1 unspecified atom stereocenters. The third kappa shape index (κ3) is 2.75. The van der Waals surface area contributed by atoms with E-state index in [1.807, 2.05) is 26.8 Å².